The molecule has 1 heterocycles. The zero-order valence-electron chi connectivity index (χ0n) is 15.6. The monoisotopic (exact) mass is 327 g/mol. The zero-order valence-corrected chi connectivity index (χ0v) is 15.6. The van der Waals surface area contributed by atoms with Crippen molar-refractivity contribution in [2.45, 2.75) is 65.9 Å². The summed E-state index contributed by atoms with van der Waals surface area (Å²) in [6.45, 7) is 14.0. The lowest BCUT2D eigenvalue weighted by Crippen LogP contribution is -2.38. The van der Waals surface area contributed by atoms with Gasteiger partial charge in [0.2, 0.25) is 0 Å². The molecule has 1 rings (SSSR count). The topological polar surface area (TPSA) is 54.9 Å². The molecule has 0 aromatic carbocycles. The number of rotatable bonds is 10. The minimum absolute atomic E-state index is 0.299. The summed E-state index contributed by atoms with van der Waals surface area (Å²) in [5, 5.41) is 6.72. The first-order chi connectivity index (χ1) is 11.0. The highest BCUT2D eigenvalue weighted by Gasteiger charge is 2.15. The van der Waals surface area contributed by atoms with E-state index in [1.807, 2.05) is 0 Å². The molecule has 1 fully saturated rings. The lowest BCUT2D eigenvalue weighted by atomic mass is 9.90. The Hall–Kier alpha value is -0.810. The largest absolute Gasteiger partial charge is 0.379 e. The molecule has 23 heavy (non-hydrogen) atoms. The van der Waals surface area contributed by atoms with E-state index in [0.717, 1.165) is 58.3 Å². The first-order valence-electron chi connectivity index (χ1n) is 9.23. The van der Waals surface area contributed by atoms with Crippen LogP contribution in [-0.4, -0.2) is 51.5 Å². The van der Waals surface area contributed by atoms with E-state index < -0.39 is 0 Å². The van der Waals surface area contributed by atoms with Crippen molar-refractivity contribution in [1.29, 1.82) is 0 Å². The molecule has 1 atom stereocenters. The van der Waals surface area contributed by atoms with E-state index in [-0.39, 0.29) is 0 Å². The van der Waals surface area contributed by atoms with Gasteiger partial charge in [-0.05, 0) is 38.0 Å². The second-order valence-corrected chi connectivity index (χ2v) is 7.42. The van der Waals surface area contributed by atoms with Crippen LogP contribution in [0.2, 0.25) is 0 Å². The normalized spacial score (nSPS) is 19.1. The van der Waals surface area contributed by atoms with Crippen molar-refractivity contribution in [2.24, 2.45) is 10.4 Å². The van der Waals surface area contributed by atoms with Gasteiger partial charge >= 0.3 is 0 Å². The second-order valence-electron chi connectivity index (χ2n) is 7.42. The Balaban J connectivity index is 2.09. The van der Waals surface area contributed by atoms with Crippen LogP contribution in [0.4, 0.5) is 0 Å². The average molecular weight is 328 g/mol. The van der Waals surface area contributed by atoms with Gasteiger partial charge in [-0.1, -0.05) is 27.2 Å². The van der Waals surface area contributed by atoms with Crippen molar-refractivity contribution >= 4 is 5.96 Å². The second kappa shape index (κ2) is 11.7. The predicted molar refractivity (Wildman–Crippen MR) is 97.1 cm³/mol. The van der Waals surface area contributed by atoms with Gasteiger partial charge in [-0.2, -0.15) is 0 Å². The molecule has 1 aliphatic rings. The molecule has 1 saturated heterocycles. The van der Waals surface area contributed by atoms with Gasteiger partial charge in [0.05, 0.1) is 12.7 Å². The summed E-state index contributed by atoms with van der Waals surface area (Å²) in [6.07, 6.45) is 6.00. The van der Waals surface area contributed by atoms with Crippen molar-refractivity contribution in [3.8, 4) is 0 Å². The molecular weight excluding hydrogens is 290 g/mol. The predicted octanol–water partition coefficient (Wildman–Crippen LogP) is 2.95. The highest BCUT2D eigenvalue weighted by molar-refractivity contribution is 5.79. The number of aliphatic imine (C=N–C) groups is 1. The van der Waals surface area contributed by atoms with Crippen molar-refractivity contribution in [3.63, 3.8) is 0 Å². The van der Waals surface area contributed by atoms with Crippen LogP contribution in [0.5, 0.6) is 0 Å². The number of guanidine groups is 1. The van der Waals surface area contributed by atoms with Gasteiger partial charge in [0, 0.05) is 32.8 Å². The SMILES string of the molecule is CCNC(=NCCCOC1CCOC1)NCCCCC(C)(C)C. The number of nitrogens with zero attached hydrogens (tertiary/aromatic N) is 1. The van der Waals surface area contributed by atoms with E-state index in [9.17, 15) is 0 Å². The Morgan fingerprint density at radius 3 is 2.70 bits per heavy atom. The minimum atomic E-state index is 0.299. The summed E-state index contributed by atoms with van der Waals surface area (Å²) in [5.74, 6) is 0.924. The van der Waals surface area contributed by atoms with E-state index in [0.29, 0.717) is 11.5 Å². The summed E-state index contributed by atoms with van der Waals surface area (Å²) >= 11 is 0. The molecule has 0 aromatic heterocycles. The summed E-state index contributed by atoms with van der Waals surface area (Å²) in [6, 6.07) is 0. The molecule has 0 aliphatic carbocycles. The van der Waals surface area contributed by atoms with Crippen LogP contribution in [0.3, 0.4) is 0 Å². The highest BCUT2D eigenvalue weighted by atomic mass is 16.5. The smallest absolute Gasteiger partial charge is 0.191 e. The molecule has 5 nitrogen and oxygen atoms in total. The van der Waals surface area contributed by atoms with Crippen molar-refractivity contribution in [3.05, 3.63) is 0 Å². The molecule has 5 heteroatoms. The first-order valence-corrected chi connectivity index (χ1v) is 9.23. The average Bonchev–Trinajstić information content (AvgIpc) is 2.98. The van der Waals surface area contributed by atoms with E-state index in [2.05, 4.69) is 43.3 Å². The van der Waals surface area contributed by atoms with Crippen LogP contribution >= 0.6 is 0 Å². The Kier molecular flexibility index (Phi) is 10.3. The number of nitrogens with one attached hydrogen (secondary N) is 2. The highest BCUT2D eigenvalue weighted by Crippen LogP contribution is 2.21. The maximum absolute atomic E-state index is 5.75. The van der Waals surface area contributed by atoms with Crippen molar-refractivity contribution in [1.82, 2.24) is 10.6 Å². The van der Waals surface area contributed by atoms with Gasteiger partial charge < -0.3 is 20.1 Å². The number of hydrogen-bond donors (Lipinski definition) is 2. The molecule has 0 bridgehead atoms. The fourth-order valence-electron chi connectivity index (χ4n) is 2.48. The molecule has 0 amide bonds. The summed E-state index contributed by atoms with van der Waals surface area (Å²) < 4.78 is 11.1. The van der Waals surface area contributed by atoms with Crippen LogP contribution in [-0.2, 0) is 9.47 Å². The Morgan fingerprint density at radius 2 is 2.04 bits per heavy atom. The van der Waals surface area contributed by atoms with Crippen LogP contribution < -0.4 is 10.6 Å². The van der Waals surface area contributed by atoms with Gasteiger partial charge in [0.25, 0.3) is 0 Å². The summed E-state index contributed by atoms with van der Waals surface area (Å²) in [4.78, 5) is 4.61. The minimum Gasteiger partial charge on any atom is -0.379 e. The van der Waals surface area contributed by atoms with Crippen LogP contribution in [0.15, 0.2) is 4.99 Å². The van der Waals surface area contributed by atoms with Crippen LogP contribution in [0.25, 0.3) is 0 Å². The van der Waals surface area contributed by atoms with E-state index >= 15 is 0 Å². The van der Waals surface area contributed by atoms with Gasteiger partial charge in [-0.15, -0.1) is 0 Å². The van der Waals surface area contributed by atoms with Crippen molar-refractivity contribution < 1.29 is 9.47 Å². The Morgan fingerprint density at radius 1 is 1.22 bits per heavy atom. The Labute approximate surface area is 142 Å². The number of ether oxygens (including phenoxy) is 2. The quantitative estimate of drug-likeness (QED) is 0.368. The molecule has 1 unspecified atom stereocenters. The van der Waals surface area contributed by atoms with Gasteiger partial charge in [0.1, 0.15) is 0 Å². The zero-order chi connectivity index (χ0) is 17.0. The third kappa shape index (κ3) is 11.4. The van der Waals surface area contributed by atoms with Gasteiger partial charge in [-0.25, -0.2) is 0 Å². The third-order valence-corrected chi connectivity index (χ3v) is 3.80. The van der Waals surface area contributed by atoms with E-state index in [1.54, 1.807) is 0 Å². The molecule has 1 aliphatic heterocycles. The number of hydrogen-bond acceptors (Lipinski definition) is 3. The lowest BCUT2D eigenvalue weighted by molar-refractivity contribution is 0.0424. The molecule has 0 aromatic rings. The molecule has 0 saturated carbocycles. The lowest BCUT2D eigenvalue weighted by Gasteiger charge is -2.18. The molecule has 136 valence electrons. The van der Waals surface area contributed by atoms with Crippen LogP contribution in [0.1, 0.15) is 59.8 Å². The third-order valence-electron chi connectivity index (χ3n) is 3.80. The van der Waals surface area contributed by atoms with Crippen molar-refractivity contribution in [2.75, 3.05) is 39.5 Å². The van der Waals surface area contributed by atoms with Gasteiger partial charge in [0.15, 0.2) is 5.96 Å². The molecule has 0 spiro atoms. The Bertz CT molecular complexity index is 321. The molecular formula is C18H37N3O2. The molecule has 2 N–H and O–H groups in total. The van der Waals surface area contributed by atoms with E-state index in [4.69, 9.17) is 9.47 Å². The maximum Gasteiger partial charge on any atom is 0.191 e. The summed E-state index contributed by atoms with van der Waals surface area (Å²) in [5.41, 5.74) is 0.433. The maximum atomic E-state index is 5.75. The standard InChI is InChI=1S/C18H37N3O2/c1-5-19-17(20-11-7-6-10-18(2,3)4)21-12-8-13-23-16-9-14-22-15-16/h16H,5-15H2,1-4H3,(H2,19,20,21). The summed E-state index contributed by atoms with van der Waals surface area (Å²) in [7, 11) is 0. The van der Waals surface area contributed by atoms with E-state index in [1.165, 1.54) is 19.3 Å². The molecule has 0 radical (unpaired) electrons. The number of unbranched alkanes of at least 4 members (excludes halogenated alkanes) is 1. The van der Waals surface area contributed by atoms with Gasteiger partial charge in [-0.3, -0.25) is 4.99 Å². The van der Waals surface area contributed by atoms with Crippen LogP contribution in [0, 0.1) is 5.41 Å². The first kappa shape index (κ1) is 20.2. The fourth-order valence-corrected chi connectivity index (χ4v) is 2.48. The fraction of sp³-hybridized carbons (Fsp3) is 0.944.